The Bertz CT molecular complexity index is 1980. The fourth-order valence-electron chi connectivity index (χ4n) is 9.12. The number of nitrogens with one attached hydrogen (secondary N) is 1. The van der Waals surface area contributed by atoms with Crippen LogP contribution < -0.4 is 26.1 Å². The van der Waals surface area contributed by atoms with E-state index in [1.807, 2.05) is 85.8 Å². The number of hydrogen-bond donors (Lipinski definition) is 3. The molecule has 1 amide bonds. The van der Waals surface area contributed by atoms with Crippen LogP contribution in [0, 0.1) is 0 Å². The molecule has 0 aromatic heterocycles. The minimum absolute atomic E-state index is 0.0587. The summed E-state index contributed by atoms with van der Waals surface area (Å²) in [5.74, 6) is 0. The summed E-state index contributed by atoms with van der Waals surface area (Å²) in [6.07, 6.45) is -1.93. The highest BCUT2D eigenvalue weighted by Gasteiger charge is 2.60. The quantitative estimate of drug-likeness (QED) is 0.0962. The molecular weight excluding hydrogens is 781 g/mol. The maximum absolute atomic E-state index is 14.9. The topological polar surface area (TPSA) is 100 Å². The molecule has 5 aromatic carbocycles. The Hall–Kier alpha value is -4.40. The van der Waals surface area contributed by atoms with Gasteiger partial charge in [0.2, 0.25) is 0 Å². The van der Waals surface area contributed by atoms with Gasteiger partial charge in [0.05, 0.1) is 31.4 Å². The van der Waals surface area contributed by atoms with Gasteiger partial charge in [0.1, 0.15) is 12.7 Å². The monoisotopic (exact) mass is 844 g/mol. The lowest BCUT2D eigenvalue weighted by atomic mass is 10.1. The first-order valence-corrected chi connectivity index (χ1v) is 25.1. The minimum atomic E-state index is -3.30. The molecule has 1 fully saturated rings. The number of rotatable bonds is 16. The zero-order valence-corrected chi connectivity index (χ0v) is 38.3. The van der Waals surface area contributed by atoms with E-state index >= 15 is 0 Å². The first-order chi connectivity index (χ1) is 28.8. The van der Waals surface area contributed by atoms with Gasteiger partial charge in [-0.15, -0.1) is 0 Å². The summed E-state index contributed by atoms with van der Waals surface area (Å²) in [6, 6.07) is 49.5. The Kier molecular flexibility index (Phi) is 14.7. The van der Waals surface area contributed by atoms with Gasteiger partial charge in [0.15, 0.2) is 0 Å². The second-order valence-corrected chi connectivity index (χ2v) is 26.5. The highest BCUT2D eigenvalue weighted by Crippen LogP contribution is 2.42. The zero-order valence-electron chi connectivity index (χ0n) is 36.3. The molecule has 0 aliphatic carbocycles. The molecule has 10 heteroatoms. The van der Waals surface area contributed by atoms with Crippen LogP contribution in [0.4, 0.5) is 4.79 Å². The summed E-state index contributed by atoms with van der Waals surface area (Å²) in [6.45, 7) is 15.6. The van der Waals surface area contributed by atoms with Gasteiger partial charge in [0.25, 0.3) is 16.6 Å². The number of carbonyl (C=O) groups is 1. The van der Waals surface area contributed by atoms with Crippen molar-refractivity contribution in [3.05, 3.63) is 157 Å². The molecule has 1 aliphatic heterocycles. The molecule has 5 atom stereocenters. The van der Waals surface area contributed by atoms with Crippen LogP contribution in [0.1, 0.15) is 60.5 Å². The van der Waals surface area contributed by atoms with Crippen LogP contribution in [-0.2, 0) is 20.2 Å². The SMILES string of the molecule is CCC(CO)NC[C@H]1[C@@H](O)[C@H](O[Si](c2ccccc2)(c2ccccc2)C(C)(C)C)[C@@H](CO[Si](c2ccccc2)(c2ccccc2)C(C)(C)C)N1C(=O)OCc1ccccc1. The van der Waals surface area contributed by atoms with Crippen molar-refractivity contribution in [3.63, 3.8) is 0 Å². The van der Waals surface area contributed by atoms with E-state index in [-0.39, 0.29) is 37.4 Å². The summed E-state index contributed by atoms with van der Waals surface area (Å²) in [5, 5.41) is 30.2. The molecule has 0 saturated carbocycles. The molecule has 0 radical (unpaired) electrons. The molecule has 318 valence electrons. The van der Waals surface area contributed by atoms with E-state index in [2.05, 4.69) is 120 Å². The van der Waals surface area contributed by atoms with Crippen LogP contribution >= 0.6 is 0 Å². The van der Waals surface area contributed by atoms with Gasteiger partial charge < -0.3 is 29.1 Å². The number of nitrogens with zero attached hydrogens (tertiary/aromatic N) is 1. The second kappa shape index (κ2) is 19.5. The molecule has 0 bridgehead atoms. The molecule has 1 saturated heterocycles. The standard InChI is InChI=1S/C50H64N2O6Si2/c1-8-39(35-53)51-34-44-46(54)47(58-60(50(5,6)7,42-30-20-12-21-31-42)43-32-22-13-23-33-43)45(52(44)48(55)56-36-38-24-14-9-15-25-38)37-57-59(49(2,3)4,40-26-16-10-17-27-40)41-28-18-11-19-29-41/h9-33,39,44-47,51,53-54H,8,34-37H2,1-7H3/t39?,44-,45+,46+,47+/m0/s1. The van der Waals surface area contributed by atoms with Crippen molar-refractivity contribution in [1.82, 2.24) is 10.2 Å². The van der Waals surface area contributed by atoms with Crippen LogP contribution in [0.3, 0.4) is 0 Å². The fourth-order valence-corrected chi connectivity index (χ4v) is 18.4. The van der Waals surface area contributed by atoms with E-state index in [4.69, 9.17) is 13.6 Å². The number of benzene rings is 5. The molecule has 5 aromatic rings. The van der Waals surface area contributed by atoms with Gasteiger partial charge in [0, 0.05) is 12.6 Å². The predicted molar refractivity (Wildman–Crippen MR) is 247 cm³/mol. The summed E-state index contributed by atoms with van der Waals surface area (Å²) in [4.78, 5) is 16.6. The third-order valence-electron chi connectivity index (χ3n) is 12.2. The van der Waals surface area contributed by atoms with Crippen molar-refractivity contribution in [1.29, 1.82) is 0 Å². The maximum Gasteiger partial charge on any atom is 0.410 e. The zero-order chi connectivity index (χ0) is 43.0. The normalized spacial score (nSPS) is 19.2. The Morgan fingerprint density at radius 3 is 1.48 bits per heavy atom. The van der Waals surface area contributed by atoms with Gasteiger partial charge >= 0.3 is 6.09 Å². The summed E-state index contributed by atoms with van der Waals surface area (Å²) < 4.78 is 21.7. The summed E-state index contributed by atoms with van der Waals surface area (Å²) in [5.41, 5.74) is 0.854. The number of hydrogen-bond acceptors (Lipinski definition) is 7. The van der Waals surface area contributed by atoms with Crippen LogP contribution in [0.5, 0.6) is 0 Å². The second-order valence-electron chi connectivity index (χ2n) is 18.0. The van der Waals surface area contributed by atoms with Crippen molar-refractivity contribution in [2.75, 3.05) is 19.8 Å². The van der Waals surface area contributed by atoms with E-state index in [1.54, 1.807) is 4.90 Å². The summed E-state index contributed by atoms with van der Waals surface area (Å²) in [7, 11) is -6.45. The Labute approximate surface area is 359 Å². The first kappa shape index (κ1) is 45.1. The lowest BCUT2D eigenvalue weighted by molar-refractivity contribution is 0.0291. The highest BCUT2D eigenvalue weighted by atomic mass is 28.4. The molecule has 1 aliphatic rings. The van der Waals surface area contributed by atoms with Gasteiger partial charge in [-0.3, -0.25) is 4.90 Å². The molecule has 3 N–H and O–H groups in total. The highest BCUT2D eigenvalue weighted by molar-refractivity contribution is 7.00. The van der Waals surface area contributed by atoms with Crippen molar-refractivity contribution in [2.45, 2.75) is 102 Å². The number of ether oxygens (including phenoxy) is 1. The van der Waals surface area contributed by atoms with E-state index in [9.17, 15) is 15.0 Å². The van der Waals surface area contributed by atoms with Gasteiger partial charge in [-0.2, -0.15) is 0 Å². The predicted octanol–water partition coefficient (Wildman–Crippen LogP) is 6.62. The van der Waals surface area contributed by atoms with E-state index in [0.717, 1.165) is 26.3 Å². The maximum atomic E-state index is 14.9. The molecule has 0 spiro atoms. The number of aliphatic hydroxyl groups excluding tert-OH is 2. The molecule has 6 rings (SSSR count). The number of carbonyl (C=O) groups excluding carboxylic acids is 1. The van der Waals surface area contributed by atoms with E-state index < -0.39 is 52.1 Å². The van der Waals surface area contributed by atoms with Gasteiger partial charge in [-0.05, 0) is 42.8 Å². The molecule has 1 unspecified atom stereocenters. The Morgan fingerprint density at radius 2 is 1.08 bits per heavy atom. The third kappa shape index (κ3) is 9.25. The summed E-state index contributed by atoms with van der Waals surface area (Å²) >= 11 is 0. The molecular formula is C50H64N2O6Si2. The van der Waals surface area contributed by atoms with Gasteiger partial charge in [-0.25, -0.2) is 4.79 Å². The van der Waals surface area contributed by atoms with E-state index in [0.29, 0.717) is 6.42 Å². The van der Waals surface area contributed by atoms with E-state index in [1.165, 1.54) is 0 Å². The lowest BCUT2D eigenvalue weighted by Crippen LogP contribution is -2.70. The number of aliphatic hydroxyl groups is 2. The smallest absolute Gasteiger partial charge is 0.410 e. The van der Waals surface area contributed by atoms with Crippen molar-refractivity contribution < 1.29 is 28.6 Å². The van der Waals surface area contributed by atoms with Crippen LogP contribution in [0.15, 0.2) is 152 Å². The largest absolute Gasteiger partial charge is 0.445 e. The van der Waals surface area contributed by atoms with Crippen LogP contribution in [0.25, 0.3) is 0 Å². The van der Waals surface area contributed by atoms with Crippen molar-refractivity contribution in [2.24, 2.45) is 0 Å². The minimum Gasteiger partial charge on any atom is -0.445 e. The number of likely N-dealkylation sites (tertiary alicyclic amines) is 1. The third-order valence-corrected chi connectivity index (χ3v) is 22.2. The average Bonchev–Trinajstić information content (AvgIpc) is 3.52. The van der Waals surface area contributed by atoms with Crippen molar-refractivity contribution >= 4 is 43.5 Å². The van der Waals surface area contributed by atoms with Crippen LogP contribution in [0.2, 0.25) is 10.1 Å². The molecule has 1 heterocycles. The lowest BCUT2D eigenvalue weighted by Gasteiger charge is -2.47. The van der Waals surface area contributed by atoms with Gasteiger partial charge in [-0.1, -0.05) is 200 Å². The van der Waals surface area contributed by atoms with Crippen LogP contribution in [-0.4, -0.2) is 87.9 Å². The molecule has 8 nitrogen and oxygen atoms in total. The fraction of sp³-hybridized carbons (Fsp3) is 0.380. The Balaban J connectivity index is 1.55. The molecule has 60 heavy (non-hydrogen) atoms. The van der Waals surface area contributed by atoms with Crippen molar-refractivity contribution in [3.8, 4) is 0 Å². The number of amides is 1. The average molecular weight is 845 g/mol. The first-order valence-electron chi connectivity index (χ1n) is 21.3. The Morgan fingerprint density at radius 1 is 0.667 bits per heavy atom.